The Labute approximate surface area is 204 Å². The van der Waals surface area contributed by atoms with Crippen molar-refractivity contribution >= 4 is 45.0 Å². The third-order valence-electron chi connectivity index (χ3n) is 5.77. The van der Waals surface area contributed by atoms with E-state index in [0.717, 1.165) is 62.4 Å². The zero-order valence-corrected chi connectivity index (χ0v) is 19.7. The van der Waals surface area contributed by atoms with Crippen LogP contribution in [0, 0.1) is 0 Å². The molecule has 6 aromatic heterocycles. The standard InChI is InChI=1S/C26H21N7OS/c1-2-3-22(34)30-17-10-16(11-27-12-17)19-4-5-20-24(31-19)18(13-29-20)26-32-21-6-8-28-23(25(21)33-26)15-7-9-35-14-15/h4-14,29H,2-3H2,1H3,(H,30,34)(H,32,33). The minimum absolute atomic E-state index is 0.0241. The van der Waals surface area contributed by atoms with Gasteiger partial charge in [-0.1, -0.05) is 6.92 Å². The van der Waals surface area contributed by atoms with Crippen molar-refractivity contribution in [2.24, 2.45) is 0 Å². The molecule has 0 fully saturated rings. The van der Waals surface area contributed by atoms with Crippen molar-refractivity contribution < 1.29 is 4.79 Å². The summed E-state index contributed by atoms with van der Waals surface area (Å²) in [7, 11) is 0. The Hall–Kier alpha value is -4.37. The highest BCUT2D eigenvalue weighted by Crippen LogP contribution is 2.32. The second-order valence-corrected chi connectivity index (χ2v) is 8.99. The second kappa shape index (κ2) is 8.77. The van der Waals surface area contributed by atoms with Crippen LogP contribution in [0.5, 0.6) is 0 Å². The molecule has 6 heterocycles. The molecule has 3 N–H and O–H groups in total. The van der Waals surface area contributed by atoms with Crippen molar-refractivity contribution in [1.29, 1.82) is 0 Å². The predicted octanol–water partition coefficient (Wildman–Crippen LogP) is 6.03. The molecule has 35 heavy (non-hydrogen) atoms. The first kappa shape index (κ1) is 21.2. The molecular formula is C26H21N7OS. The molecular weight excluding hydrogens is 458 g/mol. The molecule has 0 aliphatic heterocycles. The quantitative estimate of drug-likeness (QED) is 0.270. The summed E-state index contributed by atoms with van der Waals surface area (Å²) in [6.07, 6.45) is 8.36. The monoisotopic (exact) mass is 479 g/mol. The number of nitrogens with zero attached hydrogens (tertiary/aromatic N) is 4. The van der Waals surface area contributed by atoms with Gasteiger partial charge in [0.2, 0.25) is 5.91 Å². The van der Waals surface area contributed by atoms with Gasteiger partial charge in [0.15, 0.2) is 0 Å². The van der Waals surface area contributed by atoms with E-state index in [9.17, 15) is 4.79 Å². The zero-order valence-electron chi connectivity index (χ0n) is 18.9. The number of aromatic nitrogens is 6. The number of aromatic amines is 2. The Bertz CT molecular complexity index is 1670. The lowest BCUT2D eigenvalue weighted by Crippen LogP contribution is -2.10. The van der Waals surface area contributed by atoms with E-state index in [1.165, 1.54) is 0 Å². The van der Waals surface area contributed by atoms with Crippen LogP contribution < -0.4 is 5.32 Å². The SMILES string of the molecule is CCCC(=O)Nc1cncc(-c2ccc3[nH]cc(-c4nc5c(-c6ccsc6)nccc5[nH]4)c3n2)c1. The summed E-state index contributed by atoms with van der Waals surface area (Å²) in [5.74, 6) is 0.697. The molecule has 0 bridgehead atoms. The first-order valence-electron chi connectivity index (χ1n) is 11.3. The maximum atomic E-state index is 12.0. The van der Waals surface area contributed by atoms with Crippen LogP contribution >= 0.6 is 11.3 Å². The van der Waals surface area contributed by atoms with E-state index in [4.69, 9.17) is 9.97 Å². The van der Waals surface area contributed by atoms with Crippen LogP contribution in [0.3, 0.4) is 0 Å². The molecule has 0 saturated carbocycles. The van der Waals surface area contributed by atoms with Gasteiger partial charge in [-0.3, -0.25) is 14.8 Å². The third-order valence-corrected chi connectivity index (χ3v) is 6.45. The Morgan fingerprint density at radius 1 is 1.06 bits per heavy atom. The predicted molar refractivity (Wildman–Crippen MR) is 139 cm³/mol. The zero-order chi connectivity index (χ0) is 23.8. The second-order valence-electron chi connectivity index (χ2n) is 8.21. The first-order valence-corrected chi connectivity index (χ1v) is 12.2. The van der Waals surface area contributed by atoms with Crippen LogP contribution in [0.4, 0.5) is 5.69 Å². The van der Waals surface area contributed by atoms with Crippen molar-refractivity contribution in [2.75, 3.05) is 5.32 Å². The van der Waals surface area contributed by atoms with Gasteiger partial charge in [0.05, 0.1) is 45.4 Å². The number of nitrogens with one attached hydrogen (secondary N) is 3. The van der Waals surface area contributed by atoms with Gasteiger partial charge >= 0.3 is 0 Å². The van der Waals surface area contributed by atoms with Crippen molar-refractivity contribution in [2.45, 2.75) is 19.8 Å². The van der Waals surface area contributed by atoms with Crippen LogP contribution in [0.2, 0.25) is 0 Å². The van der Waals surface area contributed by atoms with Gasteiger partial charge in [-0.2, -0.15) is 11.3 Å². The molecule has 172 valence electrons. The van der Waals surface area contributed by atoms with Crippen LogP contribution in [-0.2, 0) is 4.79 Å². The lowest BCUT2D eigenvalue weighted by molar-refractivity contribution is -0.116. The number of thiophene rings is 1. The molecule has 0 saturated heterocycles. The summed E-state index contributed by atoms with van der Waals surface area (Å²) in [4.78, 5) is 37.4. The number of hydrogen-bond donors (Lipinski definition) is 3. The molecule has 0 atom stereocenters. The summed E-state index contributed by atoms with van der Waals surface area (Å²) in [5, 5.41) is 7.01. The number of H-pyrrole nitrogens is 2. The highest BCUT2D eigenvalue weighted by Gasteiger charge is 2.16. The highest BCUT2D eigenvalue weighted by molar-refractivity contribution is 7.08. The fraction of sp³-hybridized carbons (Fsp3) is 0.115. The summed E-state index contributed by atoms with van der Waals surface area (Å²) >= 11 is 1.63. The van der Waals surface area contributed by atoms with Gasteiger partial charge in [-0.15, -0.1) is 0 Å². The minimum atomic E-state index is -0.0241. The molecule has 9 heteroatoms. The Morgan fingerprint density at radius 2 is 2.00 bits per heavy atom. The molecule has 0 unspecified atom stereocenters. The Morgan fingerprint density at radius 3 is 2.86 bits per heavy atom. The number of rotatable bonds is 6. The van der Waals surface area contributed by atoms with E-state index in [0.29, 0.717) is 12.1 Å². The molecule has 0 aromatic carbocycles. The van der Waals surface area contributed by atoms with Gasteiger partial charge in [0.1, 0.15) is 11.3 Å². The van der Waals surface area contributed by atoms with Crippen molar-refractivity contribution in [3.8, 4) is 33.9 Å². The molecule has 6 rings (SSSR count). The van der Waals surface area contributed by atoms with E-state index >= 15 is 0 Å². The van der Waals surface area contributed by atoms with Gasteiger partial charge in [0, 0.05) is 41.5 Å². The summed E-state index contributed by atoms with van der Waals surface area (Å²) < 4.78 is 0. The summed E-state index contributed by atoms with van der Waals surface area (Å²) in [6.45, 7) is 1.98. The Balaban J connectivity index is 1.40. The van der Waals surface area contributed by atoms with Crippen LogP contribution in [0.15, 0.2) is 65.9 Å². The molecule has 6 aromatic rings. The van der Waals surface area contributed by atoms with E-state index in [1.54, 1.807) is 29.9 Å². The lowest BCUT2D eigenvalue weighted by atomic mass is 10.1. The van der Waals surface area contributed by atoms with Crippen LogP contribution in [0.25, 0.3) is 56.0 Å². The van der Waals surface area contributed by atoms with Crippen LogP contribution in [-0.4, -0.2) is 35.8 Å². The summed E-state index contributed by atoms with van der Waals surface area (Å²) in [5.41, 5.74) is 8.46. The fourth-order valence-corrected chi connectivity index (χ4v) is 4.75. The van der Waals surface area contributed by atoms with E-state index in [-0.39, 0.29) is 5.91 Å². The topological polar surface area (TPSA) is 112 Å². The number of carbonyl (C=O) groups is 1. The number of carbonyl (C=O) groups excluding carboxylic acids is 1. The smallest absolute Gasteiger partial charge is 0.224 e. The number of hydrogen-bond acceptors (Lipinski definition) is 6. The average Bonchev–Trinajstić information content (AvgIpc) is 3.63. The number of anilines is 1. The molecule has 0 spiro atoms. The van der Waals surface area contributed by atoms with Gasteiger partial charge in [-0.05, 0) is 42.1 Å². The number of amides is 1. The largest absolute Gasteiger partial charge is 0.359 e. The normalized spacial score (nSPS) is 11.3. The van der Waals surface area contributed by atoms with Gasteiger partial charge < -0.3 is 15.3 Å². The average molecular weight is 480 g/mol. The first-order chi connectivity index (χ1) is 17.2. The molecule has 8 nitrogen and oxygen atoms in total. The maximum Gasteiger partial charge on any atom is 0.224 e. The van der Waals surface area contributed by atoms with E-state index < -0.39 is 0 Å². The maximum absolute atomic E-state index is 12.0. The number of pyridine rings is 3. The lowest BCUT2D eigenvalue weighted by Gasteiger charge is -2.07. The van der Waals surface area contributed by atoms with Gasteiger partial charge in [-0.25, -0.2) is 9.97 Å². The third kappa shape index (κ3) is 3.95. The van der Waals surface area contributed by atoms with Crippen LogP contribution in [0.1, 0.15) is 19.8 Å². The number of fused-ring (bicyclic) bond motifs is 2. The number of imidazole rings is 1. The Kier molecular flexibility index (Phi) is 5.31. The van der Waals surface area contributed by atoms with Crippen molar-refractivity contribution in [3.63, 3.8) is 0 Å². The summed E-state index contributed by atoms with van der Waals surface area (Å²) in [6, 6.07) is 9.80. The van der Waals surface area contributed by atoms with E-state index in [2.05, 4.69) is 30.6 Å². The fourth-order valence-electron chi connectivity index (χ4n) is 4.11. The van der Waals surface area contributed by atoms with Crippen molar-refractivity contribution in [1.82, 2.24) is 29.9 Å². The molecule has 0 aliphatic rings. The minimum Gasteiger partial charge on any atom is -0.359 e. The molecule has 0 aliphatic carbocycles. The molecule has 0 radical (unpaired) electrons. The van der Waals surface area contributed by atoms with Gasteiger partial charge in [0.25, 0.3) is 0 Å². The van der Waals surface area contributed by atoms with E-state index in [1.807, 2.05) is 48.8 Å². The van der Waals surface area contributed by atoms with Crippen molar-refractivity contribution in [3.05, 3.63) is 65.9 Å². The molecule has 1 amide bonds. The highest BCUT2D eigenvalue weighted by atomic mass is 32.1.